The van der Waals surface area contributed by atoms with Gasteiger partial charge in [-0.25, -0.2) is 9.59 Å². The van der Waals surface area contributed by atoms with E-state index in [-0.39, 0.29) is 13.2 Å². The summed E-state index contributed by atoms with van der Waals surface area (Å²) in [5.74, 6) is -1.08. The van der Waals surface area contributed by atoms with Crippen LogP contribution < -0.4 is 11.1 Å². The molecule has 2 aromatic heterocycles. The summed E-state index contributed by atoms with van der Waals surface area (Å²) in [7, 11) is 0. The van der Waals surface area contributed by atoms with E-state index in [1.807, 2.05) is 5.38 Å². The van der Waals surface area contributed by atoms with Gasteiger partial charge in [-0.15, -0.1) is 11.3 Å². The number of ether oxygens (including phenoxy) is 1. The number of hydrogen-bond donors (Lipinski definition) is 1. The van der Waals surface area contributed by atoms with Crippen molar-refractivity contribution in [2.45, 2.75) is 32.2 Å². The van der Waals surface area contributed by atoms with Crippen molar-refractivity contribution in [3.8, 4) is 0 Å². The second-order valence-corrected chi connectivity index (χ2v) is 7.24. The molecule has 7 nitrogen and oxygen atoms in total. The SMILES string of the molecule is CCOC(=O)c1c(C2CC2)csc1NC(=O)Cn1c(=O)oc2ccccc21. The predicted octanol–water partition coefficient (Wildman–Crippen LogP) is 3.35. The first-order valence-corrected chi connectivity index (χ1v) is 9.63. The van der Waals surface area contributed by atoms with Gasteiger partial charge in [0, 0.05) is 0 Å². The Kier molecular flexibility index (Phi) is 4.57. The van der Waals surface area contributed by atoms with Crippen LogP contribution in [0.5, 0.6) is 0 Å². The first-order chi connectivity index (χ1) is 13.1. The Bertz CT molecular complexity index is 1070. The van der Waals surface area contributed by atoms with Crippen LogP contribution in [-0.2, 0) is 16.1 Å². The number of oxazole rings is 1. The van der Waals surface area contributed by atoms with Gasteiger partial charge in [0.15, 0.2) is 5.58 Å². The fraction of sp³-hybridized carbons (Fsp3) is 0.316. The predicted molar refractivity (Wildman–Crippen MR) is 101 cm³/mol. The Morgan fingerprint density at radius 3 is 2.85 bits per heavy atom. The van der Waals surface area contributed by atoms with Crippen molar-refractivity contribution in [3.63, 3.8) is 0 Å². The molecule has 0 unspecified atom stereocenters. The van der Waals surface area contributed by atoms with Crippen LogP contribution in [0, 0.1) is 0 Å². The molecule has 0 radical (unpaired) electrons. The van der Waals surface area contributed by atoms with Gasteiger partial charge in [-0.1, -0.05) is 12.1 Å². The number of nitrogens with zero attached hydrogens (tertiary/aromatic N) is 1. The van der Waals surface area contributed by atoms with Crippen molar-refractivity contribution in [2.75, 3.05) is 11.9 Å². The van der Waals surface area contributed by atoms with Crippen molar-refractivity contribution in [3.05, 3.63) is 51.3 Å². The van der Waals surface area contributed by atoms with Crippen molar-refractivity contribution in [1.82, 2.24) is 4.57 Å². The Morgan fingerprint density at radius 2 is 2.11 bits per heavy atom. The number of fused-ring (bicyclic) bond motifs is 1. The highest BCUT2D eigenvalue weighted by Gasteiger charge is 2.32. The zero-order chi connectivity index (χ0) is 19.0. The number of hydrogen-bond acceptors (Lipinski definition) is 6. The van der Waals surface area contributed by atoms with Crippen LogP contribution in [0.15, 0.2) is 38.9 Å². The lowest BCUT2D eigenvalue weighted by Gasteiger charge is -2.08. The third-order valence-corrected chi connectivity index (χ3v) is 5.36. The van der Waals surface area contributed by atoms with Crippen LogP contribution >= 0.6 is 11.3 Å². The normalized spacial score (nSPS) is 13.7. The molecule has 0 aliphatic heterocycles. The minimum Gasteiger partial charge on any atom is -0.462 e. The molecule has 27 heavy (non-hydrogen) atoms. The number of carbonyl (C=O) groups excluding carboxylic acids is 2. The summed E-state index contributed by atoms with van der Waals surface area (Å²) in [4.78, 5) is 36.9. The van der Waals surface area contributed by atoms with E-state index >= 15 is 0 Å². The standard InChI is InChI=1S/C19H18N2O5S/c1-2-25-18(23)16-12(11-7-8-11)10-27-17(16)20-15(22)9-21-13-5-3-4-6-14(13)26-19(21)24/h3-6,10-11H,2,7-9H2,1H3,(H,20,22). The number of aromatic nitrogens is 1. The molecule has 1 aliphatic rings. The molecule has 1 saturated carbocycles. The number of esters is 1. The Labute approximate surface area is 158 Å². The Hall–Kier alpha value is -2.87. The smallest absolute Gasteiger partial charge is 0.420 e. The Balaban J connectivity index is 1.59. The van der Waals surface area contributed by atoms with E-state index in [4.69, 9.17) is 9.15 Å². The maximum absolute atomic E-state index is 12.5. The number of carbonyl (C=O) groups is 2. The molecule has 2 heterocycles. The highest BCUT2D eigenvalue weighted by molar-refractivity contribution is 7.15. The minimum atomic E-state index is -0.596. The molecule has 1 fully saturated rings. The van der Waals surface area contributed by atoms with Crippen LogP contribution in [0.4, 0.5) is 5.00 Å². The first-order valence-electron chi connectivity index (χ1n) is 8.75. The van der Waals surface area contributed by atoms with E-state index in [0.29, 0.717) is 27.6 Å². The fourth-order valence-electron chi connectivity index (χ4n) is 3.05. The van der Waals surface area contributed by atoms with Crippen molar-refractivity contribution < 1.29 is 18.7 Å². The maximum Gasteiger partial charge on any atom is 0.420 e. The van der Waals surface area contributed by atoms with Crippen molar-refractivity contribution in [1.29, 1.82) is 0 Å². The van der Waals surface area contributed by atoms with Gasteiger partial charge in [0.05, 0.1) is 17.7 Å². The van der Waals surface area contributed by atoms with E-state index < -0.39 is 17.6 Å². The molecule has 4 rings (SSSR count). The van der Waals surface area contributed by atoms with Crippen molar-refractivity contribution >= 4 is 39.3 Å². The number of para-hydroxylation sites is 2. The molecule has 1 N–H and O–H groups in total. The topological polar surface area (TPSA) is 90.5 Å². The summed E-state index contributed by atoms with van der Waals surface area (Å²) in [6.07, 6.45) is 2.07. The van der Waals surface area contributed by atoms with E-state index in [2.05, 4.69) is 5.32 Å². The van der Waals surface area contributed by atoms with Crippen LogP contribution in [-0.4, -0.2) is 23.1 Å². The first kappa shape index (κ1) is 17.5. The van der Waals surface area contributed by atoms with Crippen molar-refractivity contribution in [2.24, 2.45) is 0 Å². The number of nitrogens with one attached hydrogen (secondary N) is 1. The van der Waals surface area contributed by atoms with Crippen LogP contribution in [0.2, 0.25) is 0 Å². The molecule has 0 saturated heterocycles. The average Bonchev–Trinajstić information content (AvgIpc) is 3.33. The zero-order valence-electron chi connectivity index (χ0n) is 14.7. The molecule has 0 atom stereocenters. The Morgan fingerprint density at radius 1 is 1.33 bits per heavy atom. The summed E-state index contributed by atoms with van der Waals surface area (Å²) < 4.78 is 11.6. The average molecular weight is 386 g/mol. The van der Waals surface area contributed by atoms with Gasteiger partial charge in [-0.3, -0.25) is 9.36 Å². The van der Waals surface area contributed by atoms with E-state index in [0.717, 1.165) is 18.4 Å². The van der Waals surface area contributed by atoms with Gasteiger partial charge in [0.1, 0.15) is 11.5 Å². The molecule has 140 valence electrons. The lowest BCUT2D eigenvalue weighted by Crippen LogP contribution is -2.25. The third kappa shape index (κ3) is 3.40. The van der Waals surface area contributed by atoms with Gasteiger partial charge in [-0.05, 0) is 48.8 Å². The quantitative estimate of drug-likeness (QED) is 0.656. The van der Waals surface area contributed by atoms with Gasteiger partial charge < -0.3 is 14.5 Å². The molecule has 3 aromatic rings. The van der Waals surface area contributed by atoms with E-state index in [1.54, 1.807) is 31.2 Å². The zero-order valence-corrected chi connectivity index (χ0v) is 15.5. The largest absolute Gasteiger partial charge is 0.462 e. The van der Waals surface area contributed by atoms with E-state index in [9.17, 15) is 14.4 Å². The molecule has 1 aliphatic carbocycles. The van der Waals surface area contributed by atoms with Gasteiger partial charge in [0.25, 0.3) is 0 Å². The molecular formula is C19H18N2O5S. The summed E-state index contributed by atoms with van der Waals surface area (Å²) in [6, 6.07) is 6.91. The summed E-state index contributed by atoms with van der Waals surface area (Å²) in [5, 5.41) is 5.12. The third-order valence-electron chi connectivity index (χ3n) is 4.44. The molecule has 8 heteroatoms. The van der Waals surface area contributed by atoms with Crippen LogP contribution in [0.1, 0.15) is 41.6 Å². The second-order valence-electron chi connectivity index (χ2n) is 6.36. The number of thiophene rings is 1. The molecule has 1 amide bonds. The number of rotatable bonds is 6. The number of anilines is 1. The molecule has 1 aromatic carbocycles. The molecule has 0 bridgehead atoms. The van der Waals surface area contributed by atoms with Crippen LogP contribution in [0.3, 0.4) is 0 Å². The summed E-state index contributed by atoms with van der Waals surface area (Å²) in [5.41, 5.74) is 2.34. The van der Waals surface area contributed by atoms with Gasteiger partial charge in [-0.2, -0.15) is 0 Å². The summed E-state index contributed by atoms with van der Waals surface area (Å²) in [6.45, 7) is 1.81. The van der Waals surface area contributed by atoms with Crippen LogP contribution in [0.25, 0.3) is 11.1 Å². The molecular weight excluding hydrogens is 368 g/mol. The lowest BCUT2D eigenvalue weighted by molar-refractivity contribution is -0.116. The van der Waals surface area contributed by atoms with Gasteiger partial charge >= 0.3 is 11.7 Å². The maximum atomic E-state index is 12.5. The minimum absolute atomic E-state index is 0.200. The fourth-order valence-corrected chi connectivity index (χ4v) is 4.09. The highest BCUT2D eigenvalue weighted by atomic mass is 32.1. The van der Waals surface area contributed by atoms with E-state index in [1.165, 1.54) is 15.9 Å². The molecule has 0 spiro atoms. The monoisotopic (exact) mass is 386 g/mol. The highest BCUT2D eigenvalue weighted by Crippen LogP contribution is 2.46. The van der Waals surface area contributed by atoms with Gasteiger partial charge in [0.2, 0.25) is 5.91 Å². The second kappa shape index (κ2) is 7.03. The number of amides is 1. The number of benzene rings is 1. The lowest BCUT2D eigenvalue weighted by atomic mass is 10.1. The summed E-state index contributed by atoms with van der Waals surface area (Å²) >= 11 is 1.30.